The molecule has 0 aromatic heterocycles. The first-order valence-electron chi connectivity index (χ1n) is 5.81. The first-order valence-corrected chi connectivity index (χ1v) is 7.42. The van der Waals surface area contributed by atoms with Crippen molar-refractivity contribution in [2.24, 2.45) is 0 Å². The van der Waals surface area contributed by atoms with Crippen LogP contribution in [0.25, 0.3) is 0 Å². The quantitative estimate of drug-likeness (QED) is 0.859. The van der Waals surface area contributed by atoms with Gasteiger partial charge in [0, 0.05) is 4.90 Å². The molecule has 1 atom stereocenters. The fourth-order valence-electron chi connectivity index (χ4n) is 1.92. The zero-order valence-corrected chi connectivity index (χ0v) is 12.3. The topological polar surface area (TPSA) is 29.5 Å². The largest absolute Gasteiger partial charge is 0.495 e. The van der Waals surface area contributed by atoms with Crippen molar-refractivity contribution in [1.82, 2.24) is 0 Å². The number of aliphatic hydroxyl groups is 1. The predicted molar refractivity (Wildman–Crippen MR) is 80.3 cm³/mol. The summed E-state index contributed by atoms with van der Waals surface area (Å²) in [6.45, 7) is 0. The van der Waals surface area contributed by atoms with Crippen molar-refractivity contribution in [3.63, 3.8) is 0 Å². The molecule has 0 bridgehead atoms. The smallest absolute Gasteiger partial charge is 0.137 e. The molecule has 1 unspecified atom stereocenters. The third kappa shape index (κ3) is 3.06. The number of ether oxygens (including phenoxy) is 1. The number of thioether (sulfide) groups is 1. The maximum absolute atomic E-state index is 10.5. The van der Waals surface area contributed by atoms with E-state index in [2.05, 4.69) is 0 Å². The molecule has 0 spiro atoms. The fraction of sp³-hybridized carbons (Fsp3) is 0.200. The number of hydrogen-bond donors (Lipinski definition) is 1. The standard InChI is InChI=1S/C15H15ClO2S/c1-18-13-9-10(7-8-12(13)16)15(17)11-5-3-4-6-14(11)19-2/h3-9,15,17H,1-2H3. The molecule has 2 aromatic rings. The summed E-state index contributed by atoms with van der Waals surface area (Å²) in [6.07, 6.45) is 1.31. The molecule has 2 rings (SSSR count). The zero-order valence-electron chi connectivity index (χ0n) is 10.8. The van der Waals surface area contributed by atoms with Gasteiger partial charge in [0.05, 0.1) is 12.1 Å². The monoisotopic (exact) mass is 294 g/mol. The summed E-state index contributed by atoms with van der Waals surface area (Å²) in [5.74, 6) is 0.569. The summed E-state index contributed by atoms with van der Waals surface area (Å²) in [5.41, 5.74) is 1.65. The lowest BCUT2D eigenvalue weighted by atomic mass is 10.0. The highest BCUT2D eigenvalue weighted by molar-refractivity contribution is 7.98. The van der Waals surface area contributed by atoms with Gasteiger partial charge in [0.2, 0.25) is 0 Å². The molecule has 0 aliphatic heterocycles. The van der Waals surface area contributed by atoms with E-state index in [4.69, 9.17) is 16.3 Å². The number of rotatable bonds is 4. The van der Waals surface area contributed by atoms with E-state index >= 15 is 0 Å². The molecule has 100 valence electrons. The molecule has 0 radical (unpaired) electrons. The molecule has 19 heavy (non-hydrogen) atoms. The van der Waals surface area contributed by atoms with E-state index in [0.29, 0.717) is 10.8 Å². The van der Waals surface area contributed by atoms with Gasteiger partial charge >= 0.3 is 0 Å². The van der Waals surface area contributed by atoms with E-state index < -0.39 is 6.10 Å². The van der Waals surface area contributed by atoms with Crippen LogP contribution in [-0.4, -0.2) is 18.5 Å². The maximum atomic E-state index is 10.5. The van der Waals surface area contributed by atoms with Crippen LogP contribution >= 0.6 is 23.4 Å². The number of halogens is 1. The minimum Gasteiger partial charge on any atom is -0.495 e. The van der Waals surface area contributed by atoms with Gasteiger partial charge in [-0.25, -0.2) is 0 Å². The lowest BCUT2D eigenvalue weighted by Gasteiger charge is -2.16. The third-order valence-electron chi connectivity index (χ3n) is 2.92. The van der Waals surface area contributed by atoms with Crippen molar-refractivity contribution in [3.05, 3.63) is 58.6 Å². The summed E-state index contributed by atoms with van der Waals surface area (Å²) in [4.78, 5) is 1.06. The first-order chi connectivity index (χ1) is 9.17. The van der Waals surface area contributed by atoms with E-state index in [1.807, 2.05) is 36.6 Å². The predicted octanol–water partition coefficient (Wildman–Crippen LogP) is 4.15. The highest BCUT2D eigenvalue weighted by atomic mass is 35.5. The minimum absolute atomic E-state index is 0.539. The van der Waals surface area contributed by atoms with Crippen LogP contribution in [0, 0.1) is 0 Å². The van der Waals surface area contributed by atoms with Gasteiger partial charge in [-0.3, -0.25) is 0 Å². The number of benzene rings is 2. The molecular formula is C15H15ClO2S. The van der Waals surface area contributed by atoms with Crippen LogP contribution in [0.4, 0.5) is 0 Å². The van der Waals surface area contributed by atoms with E-state index in [9.17, 15) is 5.11 Å². The Labute approximate surface area is 122 Å². The molecule has 2 nitrogen and oxygen atoms in total. The average Bonchev–Trinajstić information content (AvgIpc) is 2.47. The van der Waals surface area contributed by atoms with Crippen LogP contribution in [0.1, 0.15) is 17.2 Å². The number of hydrogen-bond acceptors (Lipinski definition) is 3. The Morgan fingerprint density at radius 3 is 2.63 bits per heavy atom. The zero-order chi connectivity index (χ0) is 13.8. The summed E-state index contributed by atoms with van der Waals surface area (Å²) in [6, 6.07) is 13.1. The highest BCUT2D eigenvalue weighted by Crippen LogP contribution is 2.33. The van der Waals surface area contributed by atoms with E-state index in [0.717, 1.165) is 16.0 Å². The molecule has 0 aliphatic rings. The van der Waals surface area contributed by atoms with Crippen molar-refractivity contribution >= 4 is 23.4 Å². The van der Waals surface area contributed by atoms with Crippen LogP contribution in [-0.2, 0) is 0 Å². The maximum Gasteiger partial charge on any atom is 0.137 e. The normalized spacial score (nSPS) is 12.2. The summed E-state index contributed by atoms with van der Waals surface area (Å²) < 4.78 is 5.18. The lowest BCUT2D eigenvalue weighted by molar-refractivity contribution is 0.217. The minimum atomic E-state index is -0.685. The van der Waals surface area contributed by atoms with Gasteiger partial charge in [0.15, 0.2) is 0 Å². The molecule has 4 heteroatoms. The molecular weight excluding hydrogens is 280 g/mol. The van der Waals surface area contributed by atoms with Gasteiger partial charge in [-0.15, -0.1) is 11.8 Å². The SMILES string of the molecule is COc1cc(C(O)c2ccccc2SC)ccc1Cl. The van der Waals surface area contributed by atoms with Crippen molar-refractivity contribution in [3.8, 4) is 5.75 Å². The summed E-state index contributed by atoms with van der Waals surface area (Å²) in [5, 5.41) is 11.0. The van der Waals surface area contributed by atoms with Gasteiger partial charge in [-0.05, 0) is 35.6 Å². The second kappa shape index (κ2) is 6.33. The van der Waals surface area contributed by atoms with Gasteiger partial charge in [0.25, 0.3) is 0 Å². The molecule has 0 fully saturated rings. The van der Waals surface area contributed by atoms with E-state index in [1.54, 1.807) is 31.0 Å². The van der Waals surface area contributed by atoms with Crippen molar-refractivity contribution < 1.29 is 9.84 Å². The van der Waals surface area contributed by atoms with Gasteiger partial charge in [-0.1, -0.05) is 35.9 Å². The molecule has 0 saturated carbocycles. The third-order valence-corrected chi connectivity index (χ3v) is 4.05. The number of methoxy groups -OCH3 is 1. The molecule has 0 heterocycles. The average molecular weight is 295 g/mol. The first kappa shape index (κ1) is 14.3. The van der Waals surface area contributed by atoms with Crippen LogP contribution in [0.2, 0.25) is 5.02 Å². The Hall–Kier alpha value is -1.16. The fourth-order valence-corrected chi connectivity index (χ4v) is 2.74. The Kier molecular flexibility index (Phi) is 4.75. The van der Waals surface area contributed by atoms with Crippen molar-refractivity contribution in [1.29, 1.82) is 0 Å². The van der Waals surface area contributed by atoms with Gasteiger partial charge < -0.3 is 9.84 Å². The van der Waals surface area contributed by atoms with Crippen LogP contribution < -0.4 is 4.74 Å². The Bertz CT molecular complexity index is 572. The summed E-state index contributed by atoms with van der Waals surface area (Å²) in [7, 11) is 1.56. The van der Waals surface area contributed by atoms with Crippen LogP contribution in [0.3, 0.4) is 0 Å². The Morgan fingerprint density at radius 1 is 1.21 bits per heavy atom. The second-order valence-corrected chi connectivity index (χ2v) is 5.29. The highest BCUT2D eigenvalue weighted by Gasteiger charge is 2.15. The second-order valence-electron chi connectivity index (χ2n) is 4.04. The Balaban J connectivity index is 2.41. The molecule has 0 saturated heterocycles. The molecule has 0 aliphatic carbocycles. The van der Waals surface area contributed by atoms with E-state index in [1.165, 1.54) is 0 Å². The van der Waals surface area contributed by atoms with Gasteiger partial charge in [-0.2, -0.15) is 0 Å². The van der Waals surface area contributed by atoms with E-state index in [-0.39, 0.29) is 0 Å². The molecule has 0 amide bonds. The van der Waals surface area contributed by atoms with Crippen molar-refractivity contribution in [2.75, 3.05) is 13.4 Å². The Morgan fingerprint density at radius 2 is 1.95 bits per heavy atom. The molecule has 1 N–H and O–H groups in total. The lowest BCUT2D eigenvalue weighted by Crippen LogP contribution is -2.01. The molecule has 2 aromatic carbocycles. The van der Waals surface area contributed by atoms with Crippen LogP contribution in [0.5, 0.6) is 5.75 Å². The number of aliphatic hydroxyl groups excluding tert-OH is 1. The summed E-state index contributed by atoms with van der Waals surface area (Å²) >= 11 is 7.61. The van der Waals surface area contributed by atoms with Crippen LogP contribution in [0.15, 0.2) is 47.4 Å². The van der Waals surface area contributed by atoms with Gasteiger partial charge in [0.1, 0.15) is 11.9 Å². The van der Waals surface area contributed by atoms with Crippen molar-refractivity contribution in [2.45, 2.75) is 11.0 Å².